The zero-order valence-corrected chi connectivity index (χ0v) is 21.3. The Kier molecular flexibility index (Phi) is 6.27. The minimum Gasteiger partial charge on any atom is -0.381 e. The highest BCUT2D eigenvalue weighted by atomic mass is 35.5. The summed E-state index contributed by atoms with van der Waals surface area (Å²) in [6.45, 7) is 3.75. The van der Waals surface area contributed by atoms with E-state index in [4.69, 9.17) is 22.1 Å². The SMILES string of the molecule is CC1COCCC1CN(c1cc2nn(-c3ccc(Cl)cc3)c(C(N)=O)c2cc1C1CC1)S(C)(=O)=O. The highest BCUT2D eigenvalue weighted by Crippen LogP contribution is 2.47. The standard InChI is InChI=1S/C25H29ClN4O4S/c1-15-14-34-10-9-17(15)13-29(35(2,32)33)23-12-22-21(11-20(23)16-3-4-16)24(25(27)31)30(28-22)19-7-5-18(26)6-8-19/h5-8,11-12,15-17H,3-4,9-10,13-14H2,1-2H3,(H2,27,31). The van der Waals surface area contributed by atoms with Crippen LogP contribution in [0.2, 0.25) is 5.02 Å². The second-order valence-electron chi connectivity index (χ2n) is 9.70. The first-order valence-electron chi connectivity index (χ1n) is 11.8. The molecule has 2 aromatic carbocycles. The summed E-state index contributed by atoms with van der Waals surface area (Å²) in [6, 6.07) is 10.7. The van der Waals surface area contributed by atoms with Crippen LogP contribution in [0.15, 0.2) is 36.4 Å². The molecule has 35 heavy (non-hydrogen) atoms. The highest BCUT2D eigenvalue weighted by molar-refractivity contribution is 7.92. The molecule has 10 heteroatoms. The molecule has 2 N–H and O–H groups in total. The number of hydrogen-bond acceptors (Lipinski definition) is 5. The summed E-state index contributed by atoms with van der Waals surface area (Å²) in [7, 11) is -3.56. The van der Waals surface area contributed by atoms with Crippen molar-refractivity contribution in [3.8, 4) is 5.69 Å². The van der Waals surface area contributed by atoms with Crippen LogP contribution in [0.4, 0.5) is 5.69 Å². The molecule has 0 radical (unpaired) electrons. The first-order valence-corrected chi connectivity index (χ1v) is 14.0. The highest BCUT2D eigenvalue weighted by Gasteiger charge is 2.34. The fourth-order valence-corrected chi connectivity index (χ4v) is 6.01. The number of carbonyl (C=O) groups is 1. The van der Waals surface area contributed by atoms with Crippen LogP contribution in [-0.4, -0.2) is 50.1 Å². The van der Waals surface area contributed by atoms with Crippen LogP contribution in [0.25, 0.3) is 16.6 Å². The van der Waals surface area contributed by atoms with Crippen LogP contribution >= 0.6 is 11.6 Å². The lowest BCUT2D eigenvalue weighted by molar-refractivity contribution is 0.0275. The molecular formula is C25H29ClN4O4S. The van der Waals surface area contributed by atoms with E-state index in [1.54, 1.807) is 30.3 Å². The summed E-state index contributed by atoms with van der Waals surface area (Å²) in [5, 5.41) is 5.85. The van der Waals surface area contributed by atoms with Gasteiger partial charge in [0.1, 0.15) is 5.69 Å². The van der Waals surface area contributed by atoms with Crippen molar-refractivity contribution in [3.63, 3.8) is 0 Å². The second kappa shape index (κ2) is 9.11. The lowest BCUT2D eigenvalue weighted by atomic mass is 9.89. The summed E-state index contributed by atoms with van der Waals surface area (Å²) in [5.41, 5.74) is 8.77. The van der Waals surface area contributed by atoms with Gasteiger partial charge in [-0.2, -0.15) is 5.10 Å². The van der Waals surface area contributed by atoms with Gasteiger partial charge < -0.3 is 10.5 Å². The molecule has 0 bridgehead atoms. The number of rotatable bonds is 7. The molecule has 0 spiro atoms. The van der Waals surface area contributed by atoms with Gasteiger partial charge >= 0.3 is 0 Å². The molecular weight excluding hydrogens is 488 g/mol. The van der Waals surface area contributed by atoms with Crippen molar-refractivity contribution in [2.75, 3.05) is 30.3 Å². The number of sulfonamides is 1. The Bertz CT molecular complexity index is 1380. The molecule has 1 aliphatic heterocycles. The van der Waals surface area contributed by atoms with Crippen LogP contribution in [0.3, 0.4) is 0 Å². The molecule has 8 nitrogen and oxygen atoms in total. The van der Waals surface area contributed by atoms with Gasteiger partial charge in [-0.3, -0.25) is 9.10 Å². The van der Waals surface area contributed by atoms with E-state index in [0.717, 1.165) is 24.8 Å². The van der Waals surface area contributed by atoms with E-state index in [2.05, 4.69) is 12.0 Å². The Labute approximate surface area is 210 Å². The van der Waals surface area contributed by atoms with E-state index in [-0.39, 0.29) is 23.4 Å². The smallest absolute Gasteiger partial charge is 0.268 e. The Morgan fingerprint density at radius 2 is 1.94 bits per heavy atom. The van der Waals surface area contributed by atoms with Crippen molar-refractivity contribution in [1.82, 2.24) is 9.78 Å². The number of ether oxygens (including phenoxy) is 1. The average Bonchev–Trinajstić information content (AvgIpc) is 3.57. The number of aromatic nitrogens is 2. The molecule has 2 unspecified atom stereocenters. The predicted octanol–water partition coefficient (Wildman–Crippen LogP) is 4.09. The zero-order chi connectivity index (χ0) is 24.9. The van der Waals surface area contributed by atoms with Gasteiger partial charge in [0.2, 0.25) is 10.0 Å². The van der Waals surface area contributed by atoms with Gasteiger partial charge in [-0.1, -0.05) is 18.5 Å². The molecule has 2 fully saturated rings. The van der Waals surface area contributed by atoms with E-state index in [1.807, 2.05) is 6.07 Å². The number of carbonyl (C=O) groups excluding carboxylic acids is 1. The summed E-state index contributed by atoms with van der Waals surface area (Å²) >= 11 is 6.04. The lowest BCUT2D eigenvalue weighted by Gasteiger charge is -2.34. The topological polar surface area (TPSA) is 108 Å². The molecule has 3 aromatic rings. The number of nitrogens with zero attached hydrogens (tertiary/aromatic N) is 3. The largest absolute Gasteiger partial charge is 0.381 e. The van der Waals surface area contributed by atoms with Gasteiger partial charge in [-0.05, 0) is 79.0 Å². The van der Waals surface area contributed by atoms with Crippen LogP contribution in [0.1, 0.15) is 48.2 Å². The Hall–Kier alpha value is -2.62. The molecule has 5 rings (SSSR count). The van der Waals surface area contributed by atoms with E-state index in [9.17, 15) is 13.2 Å². The molecule has 1 amide bonds. The molecule has 1 saturated carbocycles. The van der Waals surface area contributed by atoms with Crippen LogP contribution in [0, 0.1) is 11.8 Å². The number of fused-ring (bicyclic) bond motifs is 1. The van der Waals surface area contributed by atoms with E-state index >= 15 is 0 Å². The molecule has 2 atom stereocenters. The number of amides is 1. The molecule has 186 valence electrons. The third kappa shape index (κ3) is 4.77. The number of anilines is 1. The molecule has 1 aromatic heterocycles. The quantitative estimate of drug-likeness (QED) is 0.508. The predicted molar refractivity (Wildman–Crippen MR) is 137 cm³/mol. The first kappa shape index (κ1) is 24.1. The maximum absolute atomic E-state index is 13.1. The van der Waals surface area contributed by atoms with Crippen molar-refractivity contribution in [2.45, 2.75) is 32.1 Å². The van der Waals surface area contributed by atoms with Gasteiger partial charge in [-0.15, -0.1) is 0 Å². The van der Waals surface area contributed by atoms with Crippen LogP contribution < -0.4 is 10.0 Å². The van der Waals surface area contributed by atoms with Crippen molar-refractivity contribution >= 4 is 44.1 Å². The van der Waals surface area contributed by atoms with Crippen molar-refractivity contribution in [1.29, 1.82) is 0 Å². The van der Waals surface area contributed by atoms with Crippen LogP contribution in [-0.2, 0) is 14.8 Å². The van der Waals surface area contributed by atoms with Gasteiger partial charge in [0, 0.05) is 30.2 Å². The lowest BCUT2D eigenvalue weighted by Crippen LogP contribution is -2.40. The maximum atomic E-state index is 13.1. The van der Waals surface area contributed by atoms with Crippen LogP contribution in [0.5, 0.6) is 0 Å². The van der Waals surface area contributed by atoms with Gasteiger partial charge in [0.15, 0.2) is 0 Å². The number of primary amides is 1. The molecule has 2 heterocycles. The third-order valence-corrected chi connectivity index (χ3v) is 8.43. The Balaban J connectivity index is 1.68. The number of benzene rings is 2. The first-order chi connectivity index (χ1) is 16.6. The normalized spacial score (nSPS) is 20.8. The summed E-state index contributed by atoms with van der Waals surface area (Å²) in [6.07, 6.45) is 4.01. The summed E-state index contributed by atoms with van der Waals surface area (Å²) in [5.74, 6) is 0.0824. The molecule has 1 saturated heterocycles. The van der Waals surface area contributed by atoms with Crippen molar-refractivity contribution in [3.05, 3.63) is 52.7 Å². The van der Waals surface area contributed by atoms with Gasteiger partial charge in [-0.25, -0.2) is 13.1 Å². The fraction of sp³-hybridized carbons (Fsp3) is 0.440. The Morgan fingerprint density at radius 1 is 1.23 bits per heavy atom. The summed E-state index contributed by atoms with van der Waals surface area (Å²) < 4.78 is 34.7. The van der Waals surface area contributed by atoms with Crippen molar-refractivity contribution < 1.29 is 17.9 Å². The number of halogens is 1. The summed E-state index contributed by atoms with van der Waals surface area (Å²) in [4.78, 5) is 12.5. The molecule has 2 aliphatic rings. The van der Waals surface area contributed by atoms with Gasteiger partial charge in [0.25, 0.3) is 5.91 Å². The van der Waals surface area contributed by atoms with Crippen molar-refractivity contribution in [2.24, 2.45) is 17.6 Å². The number of hydrogen-bond donors (Lipinski definition) is 1. The Morgan fingerprint density at radius 3 is 2.54 bits per heavy atom. The van der Waals surface area contributed by atoms with E-state index < -0.39 is 15.9 Å². The minimum absolute atomic E-state index is 0.189. The van der Waals surface area contributed by atoms with E-state index in [0.29, 0.717) is 47.1 Å². The fourth-order valence-electron chi connectivity index (χ4n) is 4.90. The monoisotopic (exact) mass is 516 g/mol. The maximum Gasteiger partial charge on any atom is 0.268 e. The van der Waals surface area contributed by atoms with E-state index in [1.165, 1.54) is 15.2 Å². The third-order valence-electron chi connectivity index (χ3n) is 7.03. The number of nitrogens with two attached hydrogens (primary N) is 1. The molecule has 1 aliphatic carbocycles. The average molecular weight is 517 g/mol. The van der Waals surface area contributed by atoms with Gasteiger partial charge in [0.05, 0.1) is 23.1 Å². The second-order valence-corrected chi connectivity index (χ2v) is 12.0. The minimum atomic E-state index is -3.56. The zero-order valence-electron chi connectivity index (χ0n) is 19.8.